The van der Waals surface area contributed by atoms with Crippen LogP contribution in [-0.4, -0.2) is 41.5 Å². The van der Waals surface area contributed by atoms with E-state index in [2.05, 4.69) is 0 Å². The Hall–Kier alpha value is -1.82. The van der Waals surface area contributed by atoms with Crippen LogP contribution in [0.25, 0.3) is 0 Å². The Kier molecular flexibility index (Phi) is 4.54. The van der Waals surface area contributed by atoms with Gasteiger partial charge in [-0.2, -0.15) is 0 Å². The minimum atomic E-state index is -0.193. The summed E-state index contributed by atoms with van der Waals surface area (Å²) in [6.07, 6.45) is 4.46. The summed E-state index contributed by atoms with van der Waals surface area (Å²) in [7, 11) is 0. The number of fused-ring (bicyclic) bond motifs is 2. The molecule has 0 N–H and O–H groups in total. The van der Waals surface area contributed by atoms with Crippen molar-refractivity contribution in [1.82, 2.24) is 4.90 Å². The zero-order chi connectivity index (χ0) is 17.4. The summed E-state index contributed by atoms with van der Waals surface area (Å²) in [5.41, 5.74) is 0.895. The van der Waals surface area contributed by atoms with Crippen LogP contribution in [0.2, 0.25) is 0 Å². The van der Waals surface area contributed by atoms with Gasteiger partial charge in [0.25, 0.3) is 0 Å². The predicted molar refractivity (Wildman–Crippen MR) is 96.3 cm³/mol. The Morgan fingerprint density at radius 2 is 1.72 bits per heavy atom. The highest BCUT2D eigenvalue weighted by molar-refractivity contribution is 7.99. The van der Waals surface area contributed by atoms with Gasteiger partial charge in [-0.15, -0.1) is 11.8 Å². The van der Waals surface area contributed by atoms with Crippen LogP contribution >= 0.6 is 11.8 Å². The average molecular weight is 358 g/mol. The van der Waals surface area contributed by atoms with Gasteiger partial charge in [-0.25, -0.2) is 0 Å². The molecule has 132 valence electrons. The molecular weight excluding hydrogens is 336 g/mol. The van der Waals surface area contributed by atoms with E-state index < -0.39 is 0 Å². The largest absolute Gasteiger partial charge is 0.310 e. The number of benzene rings is 1. The summed E-state index contributed by atoms with van der Waals surface area (Å²) in [4.78, 5) is 42.2. The van der Waals surface area contributed by atoms with Gasteiger partial charge in [0.1, 0.15) is 6.54 Å². The van der Waals surface area contributed by atoms with Gasteiger partial charge in [0.2, 0.25) is 17.7 Å². The van der Waals surface area contributed by atoms with E-state index in [1.165, 1.54) is 4.90 Å². The minimum Gasteiger partial charge on any atom is -0.310 e. The summed E-state index contributed by atoms with van der Waals surface area (Å²) in [5, 5.41) is 0. The lowest BCUT2D eigenvalue weighted by molar-refractivity contribution is -0.143. The van der Waals surface area contributed by atoms with Crippen molar-refractivity contribution in [2.24, 2.45) is 11.8 Å². The van der Waals surface area contributed by atoms with E-state index >= 15 is 0 Å². The molecule has 5 nitrogen and oxygen atoms in total. The topological polar surface area (TPSA) is 57.7 Å². The molecule has 3 amide bonds. The van der Waals surface area contributed by atoms with Gasteiger partial charge in [0.15, 0.2) is 0 Å². The first-order valence-electron chi connectivity index (χ1n) is 9.04. The summed E-state index contributed by atoms with van der Waals surface area (Å²) in [6.45, 7) is 0.510. The standard InChI is InChI=1S/C19H22N2O3S/c22-17(20-10-5-11-25-16-9-4-3-8-15(16)20)12-21-18(23)13-6-1-2-7-14(13)19(21)24/h3-4,8-9,13-14H,1-2,5-7,10-12H2/t13-,14-/m1/s1. The molecule has 1 aromatic carbocycles. The van der Waals surface area contributed by atoms with Gasteiger partial charge >= 0.3 is 0 Å². The Labute approximate surface area is 151 Å². The molecule has 2 aliphatic heterocycles. The number of hydrogen-bond donors (Lipinski definition) is 0. The first-order valence-corrected chi connectivity index (χ1v) is 10.0. The summed E-state index contributed by atoms with van der Waals surface area (Å²) >= 11 is 1.75. The minimum absolute atomic E-state index is 0.121. The van der Waals surface area contributed by atoms with Gasteiger partial charge < -0.3 is 4.90 Å². The SMILES string of the molecule is O=C1[C@@H]2CCCC[C@H]2C(=O)N1CC(=O)N1CCCSc2ccccc21. The second kappa shape index (κ2) is 6.83. The number of anilines is 1. The number of nitrogens with zero attached hydrogens (tertiary/aromatic N) is 2. The number of amides is 3. The molecule has 2 heterocycles. The molecule has 2 atom stereocenters. The fraction of sp³-hybridized carbons (Fsp3) is 0.526. The zero-order valence-electron chi connectivity index (χ0n) is 14.1. The maximum Gasteiger partial charge on any atom is 0.247 e. The number of para-hydroxylation sites is 1. The van der Waals surface area contributed by atoms with Crippen molar-refractivity contribution < 1.29 is 14.4 Å². The molecule has 0 aromatic heterocycles. The predicted octanol–water partition coefficient (Wildman–Crippen LogP) is 2.69. The number of rotatable bonds is 2. The van der Waals surface area contributed by atoms with Crippen LogP contribution in [0.5, 0.6) is 0 Å². The monoisotopic (exact) mass is 358 g/mol. The molecule has 1 aliphatic carbocycles. The van der Waals surface area contributed by atoms with E-state index in [9.17, 15) is 14.4 Å². The van der Waals surface area contributed by atoms with Crippen molar-refractivity contribution in [3.8, 4) is 0 Å². The van der Waals surface area contributed by atoms with Crippen LogP contribution in [0.3, 0.4) is 0 Å². The zero-order valence-corrected chi connectivity index (χ0v) is 15.0. The van der Waals surface area contributed by atoms with E-state index in [0.29, 0.717) is 6.54 Å². The molecule has 1 aromatic rings. The van der Waals surface area contributed by atoms with Gasteiger partial charge in [-0.3, -0.25) is 19.3 Å². The van der Waals surface area contributed by atoms with Crippen molar-refractivity contribution in [3.63, 3.8) is 0 Å². The highest BCUT2D eigenvalue weighted by Crippen LogP contribution is 2.38. The molecule has 4 rings (SSSR count). The van der Waals surface area contributed by atoms with Gasteiger partial charge in [0, 0.05) is 11.4 Å². The number of likely N-dealkylation sites (tertiary alicyclic amines) is 1. The fourth-order valence-corrected chi connectivity index (χ4v) is 5.19. The van der Waals surface area contributed by atoms with Crippen LogP contribution in [-0.2, 0) is 14.4 Å². The Morgan fingerprint density at radius 1 is 1.04 bits per heavy atom. The van der Waals surface area contributed by atoms with Gasteiger partial charge in [-0.05, 0) is 37.1 Å². The third kappa shape index (κ3) is 2.97. The molecule has 0 spiro atoms. The third-order valence-corrected chi connectivity index (χ3v) is 6.62. The second-order valence-electron chi connectivity index (χ2n) is 6.98. The van der Waals surface area contributed by atoms with Crippen LogP contribution in [0.4, 0.5) is 5.69 Å². The molecule has 0 unspecified atom stereocenters. The summed E-state index contributed by atoms with van der Waals surface area (Å²) < 4.78 is 0. The normalized spacial score (nSPS) is 26.2. The van der Waals surface area contributed by atoms with E-state index in [1.54, 1.807) is 16.7 Å². The third-order valence-electron chi connectivity index (χ3n) is 5.47. The van der Waals surface area contributed by atoms with Crippen molar-refractivity contribution in [2.45, 2.75) is 37.0 Å². The van der Waals surface area contributed by atoms with Crippen LogP contribution in [0.1, 0.15) is 32.1 Å². The Bertz CT molecular complexity index is 696. The average Bonchev–Trinajstić information content (AvgIpc) is 2.81. The number of carbonyl (C=O) groups is 3. The number of carbonyl (C=O) groups excluding carboxylic acids is 3. The van der Waals surface area contributed by atoms with E-state index in [-0.39, 0.29) is 36.1 Å². The lowest BCUT2D eigenvalue weighted by Crippen LogP contribution is -2.43. The number of imide groups is 1. The molecule has 2 fully saturated rings. The van der Waals surface area contributed by atoms with Crippen LogP contribution in [0, 0.1) is 11.8 Å². The first-order chi connectivity index (χ1) is 12.2. The number of thioether (sulfide) groups is 1. The van der Waals surface area contributed by atoms with Crippen molar-refractivity contribution >= 4 is 35.2 Å². The van der Waals surface area contributed by atoms with Gasteiger partial charge in [0.05, 0.1) is 17.5 Å². The Balaban J connectivity index is 1.54. The van der Waals surface area contributed by atoms with Crippen LogP contribution in [0.15, 0.2) is 29.2 Å². The molecular formula is C19H22N2O3S. The van der Waals surface area contributed by atoms with E-state index in [0.717, 1.165) is 48.4 Å². The molecule has 0 bridgehead atoms. The molecule has 0 radical (unpaired) electrons. The lowest BCUT2D eigenvalue weighted by Gasteiger charge is -2.25. The smallest absolute Gasteiger partial charge is 0.247 e. The molecule has 1 saturated heterocycles. The van der Waals surface area contributed by atoms with Crippen molar-refractivity contribution in [2.75, 3.05) is 23.7 Å². The summed E-state index contributed by atoms with van der Waals surface area (Å²) in [6, 6.07) is 7.86. The fourth-order valence-electron chi connectivity index (χ4n) is 4.19. The second-order valence-corrected chi connectivity index (χ2v) is 8.11. The highest BCUT2D eigenvalue weighted by Gasteiger charge is 2.48. The quantitative estimate of drug-likeness (QED) is 0.763. The van der Waals surface area contributed by atoms with Crippen molar-refractivity contribution in [1.29, 1.82) is 0 Å². The lowest BCUT2D eigenvalue weighted by atomic mass is 9.81. The van der Waals surface area contributed by atoms with E-state index in [4.69, 9.17) is 0 Å². The van der Waals surface area contributed by atoms with E-state index in [1.807, 2.05) is 24.3 Å². The summed E-state index contributed by atoms with van der Waals surface area (Å²) in [5.74, 6) is 0.144. The molecule has 6 heteroatoms. The first kappa shape index (κ1) is 16.6. The maximum atomic E-state index is 12.9. The maximum absolute atomic E-state index is 12.9. The molecule has 25 heavy (non-hydrogen) atoms. The molecule has 3 aliphatic rings. The highest BCUT2D eigenvalue weighted by atomic mass is 32.2. The number of hydrogen-bond acceptors (Lipinski definition) is 4. The van der Waals surface area contributed by atoms with Crippen molar-refractivity contribution in [3.05, 3.63) is 24.3 Å². The Morgan fingerprint density at radius 3 is 2.44 bits per heavy atom. The van der Waals surface area contributed by atoms with Gasteiger partial charge in [-0.1, -0.05) is 25.0 Å². The molecule has 1 saturated carbocycles. The van der Waals surface area contributed by atoms with Crippen LogP contribution < -0.4 is 4.90 Å².